The van der Waals surface area contributed by atoms with Crippen molar-refractivity contribution in [3.8, 4) is 0 Å². The highest BCUT2D eigenvalue weighted by Gasteiger charge is 2.21. The van der Waals surface area contributed by atoms with Crippen LogP contribution < -0.4 is 4.72 Å². The summed E-state index contributed by atoms with van der Waals surface area (Å²) in [4.78, 5) is 24.0. The molecule has 1 heterocycles. The lowest BCUT2D eigenvalue weighted by Crippen LogP contribution is -2.20. The van der Waals surface area contributed by atoms with Gasteiger partial charge in [0.05, 0.1) is 10.5 Å². The molecule has 0 aliphatic heterocycles. The van der Waals surface area contributed by atoms with E-state index in [2.05, 4.69) is 4.72 Å². The number of sulfonamides is 1. The number of Topliss-reactive ketones (excluding diaryl/α,β-unsaturated/α-hetero) is 1. The molecule has 0 saturated carbocycles. The minimum Gasteiger partial charge on any atom is -0.454 e. The largest absolute Gasteiger partial charge is 0.454 e. The van der Waals surface area contributed by atoms with Crippen molar-refractivity contribution in [2.45, 2.75) is 18.7 Å². The lowest BCUT2D eigenvalue weighted by atomic mass is 10.1. The molecule has 2 rings (SSSR count). The van der Waals surface area contributed by atoms with Gasteiger partial charge in [-0.3, -0.25) is 4.79 Å². The summed E-state index contributed by atoms with van der Waals surface area (Å²) in [6, 6.07) is 4.42. The van der Waals surface area contributed by atoms with Gasteiger partial charge in [0, 0.05) is 24.0 Å². The first-order chi connectivity index (χ1) is 12.1. The van der Waals surface area contributed by atoms with E-state index in [1.165, 1.54) is 7.05 Å². The zero-order valence-corrected chi connectivity index (χ0v) is 15.6. The molecule has 0 atom stereocenters. The molecule has 140 valence electrons. The second kappa shape index (κ2) is 7.38. The molecule has 9 heteroatoms. The first kappa shape index (κ1) is 19.8. The highest BCUT2D eigenvalue weighted by Crippen LogP contribution is 2.17. The van der Waals surface area contributed by atoms with Gasteiger partial charge in [-0.15, -0.1) is 0 Å². The van der Waals surface area contributed by atoms with Gasteiger partial charge in [-0.1, -0.05) is 0 Å². The summed E-state index contributed by atoms with van der Waals surface area (Å²) in [5.74, 6) is -2.49. The number of ether oxygens (including phenoxy) is 1. The van der Waals surface area contributed by atoms with E-state index in [-0.39, 0.29) is 4.90 Å². The number of aromatic nitrogens is 1. The SMILES string of the molecule is CNS(=O)(=O)c1ccc(F)c(C(=O)OCC(=O)c2cc(C)n(C)c2C)c1. The van der Waals surface area contributed by atoms with Crippen LogP contribution in [0.1, 0.15) is 32.1 Å². The van der Waals surface area contributed by atoms with Crippen LogP contribution in [0.4, 0.5) is 4.39 Å². The maximum absolute atomic E-state index is 13.9. The summed E-state index contributed by atoms with van der Waals surface area (Å²) in [5.41, 5.74) is 1.44. The lowest BCUT2D eigenvalue weighted by Gasteiger charge is -2.08. The number of aryl methyl sites for hydroxylation is 1. The number of carbonyl (C=O) groups is 2. The third-order valence-electron chi connectivity index (χ3n) is 4.15. The zero-order valence-electron chi connectivity index (χ0n) is 14.8. The van der Waals surface area contributed by atoms with Crippen molar-refractivity contribution in [1.82, 2.24) is 9.29 Å². The Balaban J connectivity index is 2.19. The van der Waals surface area contributed by atoms with Crippen molar-refractivity contribution in [1.29, 1.82) is 0 Å². The minimum absolute atomic E-state index is 0.283. The molecule has 0 bridgehead atoms. The molecule has 0 radical (unpaired) electrons. The van der Waals surface area contributed by atoms with Gasteiger partial charge in [0.25, 0.3) is 0 Å². The summed E-state index contributed by atoms with van der Waals surface area (Å²) in [7, 11) is -0.851. The Labute approximate surface area is 150 Å². The first-order valence-corrected chi connectivity index (χ1v) is 9.13. The van der Waals surface area contributed by atoms with Gasteiger partial charge in [0.2, 0.25) is 15.8 Å². The average Bonchev–Trinajstić information content (AvgIpc) is 2.87. The third kappa shape index (κ3) is 3.83. The van der Waals surface area contributed by atoms with Crippen LogP contribution >= 0.6 is 0 Å². The molecule has 0 aliphatic rings. The van der Waals surface area contributed by atoms with Crippen LogP contribution in [0, 0.1) is 19.7 Å². The topological polar surface area (TPSA) is 94.5 Å². The van der Waals surface area contributed by atoms with Crippen molar-refractivity contribution in [2.75, 3.05) is 13.7 Å². The van der Waals surface area contributed by atoms with E-state index in [0.717, 1.165) is 29.6 Å². The molecule has 0 unspecified atom stereocenters. The Kier molecular flexibility index (Phi) is 5.62. The Morgan fingerprint density at radius 3 is 2.38 bits per heavy atom. The van der Waals surface area contributed by atoms with Crippen molar-refractivity contribution in [2.24, 2.45) is 7.05 Å². The Morgan fingerprint density at radius 1 is 1.19 bits per heavy atom. The second-order valence-corrected chi connectivity index (χ2v) is 7.58. The van der Waals surface area contributed by atoms with Crippen LogP contribution in [0.15, 0.2) is 29.2 Å². The summed E-state index contributed by atoms with van der Waals surface area (Å²) in [6.45, 7) is 3.01. The number of carbonyl (C=O) groups excluding carboxylic acids is 2. The minimum atomic E-state index is -3.85. The van der Waals surface area contributed by atoms with Crippen molar-refractivity contribution < 1.29 is 27.1 Å². The summed E-state index contributed by atoms with van der Waals surface area (Å²) < 4.78 is 46.2. The molecule has 0 spiro atoms. The molecule has 1 aromatic carbocycles. The van der Waals surface area contributed by atoms with Crippen LogP contribution in [-0.4, -0.2) is 38.4 Å². The van der Waals surface area contributed by atoms with E-state index in [9.17, 15) is 22.4 Å². The highest BCUT2D eigenvalue weighted by atomic mass is 32.2. The molecule has 0 amide bonds. The van der Waals surface area contributed by atoms with Crippen molar-refractivity contribution >= 4 is 21.8 Å². The molecule has 0 aliphatic carbocycles. The number of nitrogens with zero attached hydrogens (tertiary/aromatic N) is 1. The van der Waals surface area contributed by atoms with Crippen LogP contribution in [0.5, 0.6) is 0 Å². The molecular weight excluding hydrogens is 363 g/mol. The van der Waals surface area contributed by atoms with Gasteiger partial charge in [0.1, 0.15) is 5.82 Å². The molecule has 2 aromatic rings. The molecule has 0 saturated heterocycles. The van der Waals surface area contributed by atoms with Crippen LogP contribution in [-0.2, 0) is 21.8 Å². The predicted octanol–water partition coefficient (Wildman–Crippen LogP) is 1.73. The number of rotatable bonds is 6. The van der Waals surface area contributed by atoms with Gasteiger partial charge in [-0.05, 0) is 45.2 Å². The van der Waals surface area contributed by atoms with E-state index in [0.29, 0.717) is 5.56 Å². The zero-order chi connectivity index (χ0) is 19.6. The van der Waals surface area contributed by atoms with E-state index in [1.807, 2.05) is 11.5 Å². The van der Waals surface area contributed by atoms with Gasteiger partial charge >= 0.3 is 5.97 Å². The molecule has 0 fully saturated rings. The standard InChI is InChI=1S/C17H19FN2O5S/c1-10-7-13(11(2)20(10)4)16(21)9-25-17(22)14-8-12(5-6-15(14)18)26(23,24)19-3/h5-8,19H,9H2,1-4H3. The van der Waals surface area contributed by atoms with E-state index < -0.39 is 39.8 Å². The van der Waals surface area contributed by atoms with E-state index in [4.69, 9.17) is 4.74 Å². The molecule has 1 aromatic heterocycles. The van der Waals surface area contributed by atoms with Crippen LogP contribution in [0.2, 0.25) is 0 Å². The van der Waals surface area contributed by atoms with E-state index in [1.54, 1.807) is 20.0 Å². The van der Waals surface area contributed by atoms with Gasteiger partial charge < -0.3 is 9.30 Å². The smallest absolute Gasteiger partial charge is 0.341 e. The fraction of sp³-hybridized carbons (Fsp3) is 0.294. The fourth-order valence-electron chi connectivity index (χ4n) is 2.37. The van der Waals surface area contributed by atoms with Crippen molar-refractivity contribution in [3.05, 3.63) is 52.6 Å². The summed E-state index contributed by atoms with van der Waals surface area (Å²) in [6.07, 6.45) is 0. The van der Waals surface area contributed by atoms with Gasteiger partial charge in [-0.2, -0.15) is 0 Å². The monoisotopic (exact) mass is 382 g/mol. The number of hydrogen-bond donors (Lipinski definition) is 1. The number of halogens is 1. The average molecular weight is 382 g/mol. The Bertz CT molecular complexity index is 979. The lowest BCUT2D eigenvalue weighted by molar-refractivity contribution is 0.0469. The molecule has 1 N–H and O–H groups in total. The third-order valence-corrected chi connectivity index (χ3v) is 5.56. The molecule has 26 heavy (non-hydrogen) atoms. The molecule has 7 nitrogen and oxygen atoms in total. The maximum atomic E-state index is 13.9. The van der Waals surface area contributed by atoms with Crippen LogP contribution in [0.25, 0.3) is 0 Å². The Hall–Kier alpha value is -2.52. The number of ketones is 1. The second-order valence-electron chi connectivity index (χ2n) is 5.69. The Morgan fingerprint density at radius 2 is 1.85 bits per heavy atom. The number of benzene rings is 1. The summed E-state index contributed by atoms with van der Waals surface area (Å²) in [5, 5.41) is 0. The highest BCUT2D eigenvalue weighted by molar-refractivity contribution is 7.89. The van der Waals surface area contributed by atoms with Crippen molar-refractivity contribution in [3.63, 3.8) is 0 Å². The molecular formula is C17H19FN2O5S. The van der Waals surface area contributed by atoms with Crippen LogP contribution in [0.3, 0.4) is 0 Å². The first-order valence-electron chi connectivity index (χ1n) is 7.64. The van der Waals surface area contributed by atoms with E-state index >= 15 is 0 Å². The normalized spacial score (nSPS) is 11.4. The number of esters is 1. The number of hydrogen-bond acceptors (Lipinski definition) is 5. The van der Waals surface area contributed by atoms with Gasteiger partial charge in [0.15, 0.2) is 6.61 Å². The fourth-order valence-corrected chi connectivity index (χ4v) is 3.13. The number of nitrogens with one attached hydrogen (secondary N) is 1. The van der Waals surface area contributed by atoms with Gasteiger partial charge in [-0.25, -0.2) is 22.3 Å². The predicted molar refractivity (Wildman–Crippen MR) is 92.1 cm³/mol. The maximum Gasteiger partial charge on any atom is 0.341 e. The summed E-state index contributed by atoms with van der Waals surface area (Å²) >= 11 is 0. The quantitative estimate of drug-likeness (QED) is 0.606.